The second kappa shape index (κ2) is 11.7. The number of aromatic nitrogens is 2. The fourth-order valence-corrected chi connectivity index (χ4v) is 5.03. The molecule has 2 N–H and O–H groups in total. The molecule has 0 fully saturated rings. The van der Waals surface area contributed by atoms with E-state index in [-0.39, 0.29) is 5.91 Å². The lowest BCUT2D eigenvalue weighted by molar-refractivity contribution is 0.102. The van der Waals surface area contributed by atoms with Crippen molar-refractivity contribution < 1.29 is 4.79 Å². The summed E-state index contributed by atoms with van der Waals surface area (Å²) in [6.45, 7) is 0. The van der Waals surface area contributed by atoms with E-state index in [9.17, 15) is 4.79 Å². The molecule has 0 atom stereocenters. The van der Waals surface area contributed by atoms with Gasteiger partial charge >= 0.3 is 0 Å². The minimum atomic E-state index is -1.02. The van der Waals surface area contributed by atoms with Crippen LogP contribution in [0.25, 0.3) is 22.0 Å². The van der Waals surface area contributed by atoms with Crippen molar-refractivity contribution in [3.63, 3.8) is 0 Å². The van der Waals surface area contributed by atoms with Gasteiger partial charge in [0.1, 0.15) is 0 Å². The summed E-state index contributed by atoms with van der Waals surface area (Å²) in [5.74, 6) is -0.208. The number of fused-ring (bicyclic) bond motifs is 1. The minimum absolute atomic E-state index is 0.208. The topological polar surface area (TPSA) is 103 Å². The van der Waals surface area contributed by atoms with Gasteiger partial charge in [-0.05, 0) is 106 Å². The van der Waals surface area contributed by atoms with Crippen molar-refractivity contribution in [1.82, 2.24) is 9.97 Å². The molecule has 2 heterocycles. The Labute approximate surface area is 237 Å². The smallest absolute Gasteiger partial charge is 0.255 e. The molecule has 182 valence electrons. The Hall–Kier alpha value is -3.45. The third-order valence-corrected chi connectivity index (χ3v) is 7.04. The van der Waals surface area contributed by atoms with E-state index in [1.807, 2.05) is 54.9 Å². The summed E-state index contributed by atoms with van der Waals surface area (Å²) >= 11 is 1.11. The molecular weight excluding hydrogens is 690 g/mol. The Kier molecular flexibility index (Phi) is 7.99. The normalized spacial score (nSPS) is 11.2. The number of benzene rings is 3. The van der Waals surface area contributed by atoms with Crippen molar-refractivity contribution in [2.75, 3.05) is 5.32 Å². The highest BCUT2D eigenvalue weighted by atomic mass is 127. The molecule has 2 aromatic heterocycles. The molecule has 0 unspecified atom stereocenters. The molecule has 1 amide bonds. The first kappa shape index (κ1) is 25.2. The van der Waals surface area contributed by atoms with Crippen LogP contribution in [0.1, 0.15) is 21.5 Å². The van der Waals surface area contributed by atoms with Gasteiger partial charge in [0.2, 0.25) is 0 Å². The fourth-order valence-electron chi connectivity index (χ4n) is 4.07. The summed E-state index contributed by atoms with van der Waals surface area (Å²) in [4.78, 5) is 21.8. The van der Waals surface area contributed by atoms with Crippen LogP contribution in [0.15, 0.2) is 106 Å². The summed E-state index contributed by atoms with van der Waals surface area (Å²) in [7, 11) is 0. The molecule has 3 aromatic carbocycles. The number of carbonyl (C=O) groups is 1. The maximum atomic E-state index is 13.0. The van der Waals surface area contributed by atoms with Gasteiger partial charge in [-0.1, -0.05) is 18.2 Å². The lowest BCUT2D eigenvalue weighted by atomic mass is 9.96. The summed E-state index contributed by atoms with van der Waals surface area (Å²) in [6, 6.07) is 25.5. The predicted octanol–water partition coefficient (Wildman–Crippen LogP) is 8.48. The van der Waals surface area contributed by atoms with Crippen LogP contribution in [0, 0.1) is 7.13 Å². The first-order valence-corrected chi connectivity index (χ1v) is 14.4. The lowest BCUT2D eigenvalue weighted by Gasteiger charge is -2.12. The molecular formula is C28H20I2N6O. The zero-order chi connectivity index (χ0) is 25.6. The van der Waals surface area contributed by atoms with E-state index >= 15 is 0 Å². The molecule has 0 radical (unpaired) electrons. The molecule has 0 aliphatic rings. The van der Waals surface area contributed by atoms with Gasteiger partial charge in [0.25, 0.3) is 5.91 Å². The number of anilines is 1. The number of pyridine rings is 2. The number of halogens is 2. The molecule has 9 heteroatoms. The van der Waals surface area contributed by atoms with Crippen LogP contribution in [-0.4, -0.2) is 15.9 Å². The average Bonchev–Trinajstić information content (AvgIpc) is 2.92. The van der Waals surface area contributed by atoms with Crippen LogP contribution in [0.5, 0.6) is 0 Å². The van der Waals surface area contributed by atoms with E-state index in [1.54, 1.807) is 24.4 Å². The number of hydrogen-bond acceptors (Lipinski definition) is 5. The second-order valence-electron chi connectivity index (χ2n) is 8.21. The summed E-state index contributed by atoms with van der Waals surface area (Å²) in [6.07, 6.45) is 6.20. The highest BCUT2D eigenvalue weighted by molar-refractivity contribution is 14.1. The van der Waals surface area contributed by atoms with Crippen LogP contribution >= 0.6 is 43.9 Å². The summed E-state index contributed by atoms with van der Waals surface area (Å²) < 4.78 is 11.9. The molecule has 0 aliphatic heterocycles. The van der Waals surface area contributed by atoms with Gasteiger partial charge in [-0.3, -0.25) is 18.3 Å². The van der Waals surface area contributed by atoms with Crippen molar-refractivity contribution in [1.29, 1.82) is 3.56 Å². The number of nitrogens with one attached hydrogen (secondary N) is 2. The maximum absolute atomic E-state index is 13.0. The van der Waals surface area contributed by atoms with E-state index in [0.29, 0.717) is 16.9 Å². The zero-order valence-electron chi connectivity index (χ0n) is 19.4. The van der Waals surface area contributed by atoms with Gasteiger partial charge in [-0.25, -0.2) is 0 Å². The number of amides is 1. The Morgan fingerprint density at radius 2 is 1.81 bits per heavy atom. The summed E-state index contributed by atoms with van der Waals surface area (Å²) in [5, 5.41) is 8.13. The first-order valence-electron chi connectivity index (χ1n) is 11.3. The van der Waals surface area contributed by atoms with E-state index in [0.717, 1.165) is 32.0 Å². The maximum Gasteiger partial charge on any atom is 0.255 e. The van der Waals surface area contributed by atoms with Crippen molar-refractivity contribution in [2.45, 2.75) is 6.42 Å². The van der Waals surface area contributed by atoms with E-state index < -0.39 is 21.3 Å². The Balaban J connectivity index is 1.45. The van der Waals surface area contributed by atoms with Crippen LogP contribution in [-0.2, 0) is 6.42 Å². The average molecular weight is 710 g/mol. The quantitative estimate of drug-likeness (QED) is 0.131. The number of hydrogen-bond donors (Lipinski definition) is 2. The third kappa shape index (κ3) is 6.10. The molecule has 7 nitrogen and oxygen atoms in total. The Morgan fingerprint density at radius 3 is 2.62 bits per heavy atom. The van der Waals surface area contributed by atoms with Gasteiger partial charge in [0, 0.05) is 44.4 Å². The summed E-state index contributed by atoms with van der Waals surface area (Å²) in [5.41, 5.74) is 7.16. The van der Waals surface area contributed by atoms with Crippen molar-refractivity contribution in [3.8, 4) is 11.1 Å². The highest BCUT2D eigenvalue weighted by Crippen LogP contribution is 2.31. The Bertz CT molecular complexity index is 1640. The van der Waals surface area contributed by atoms with Crippen LogP contribution < -0.4 is 5.32 Å². The molecule has 5 aromatic rings. The molecule has 0 saturated carbocycles. The minimum Gasteiger partial charge on any atom is -0.322 e. The Morgan fingerprint density at radius 1 is 0.946 bits per heavy atom. The van der Waals surface area contributed by atoms with Gasteiger partial charge in [-0.15, -0.1) is 8.44 Å². The third-order valence-electron chi connectivity index (χ3n) is 5.75. The standard InChI is InChI=1S/C28H20I2N6O/c29-25-17-22(6-7-26(25)35-36-30-31)28(37)34-23-5-1-3-20(16-23)24-15-19(13-18-8-11-32-12-9-18)14-21-4-2-10-33-27(21)24/h1-12,14-17,31H,13H2,(H,34,37). The number of carbonyl (C=O) groups excluding carboxylic acids is 1. The fraction of sp³-hybridized carbons (Fsp3) is 0.0357. The molecule has 0 spiro atoms. The highest BCUT2D eigenvalue weighted by Gasteiger charge is 2.12. The van der Waals surface area contributed by atoms with Gasteiger partial charge in [-0.2, -0.15) is 0 Å². The lowest BCUT2D eigenvalue weighted by Crippen LogP contribution is -2.12. The van der Waals surface area contributed by atoms with Crippen molar-refractivity contribution >= 4 is 72.1 Å². The largest absolute Gasteiger partial charge is 0.322 e. The van der Waals surface area contributed by atoms with E-state index in [2.05, 4.69) is 64.5 Å². The monoisotopic (exact) mass is 710 g/mol. The number of rotatable bonds is 7. The van der Waals surface area contributed by atoms with Crippen molar-refractivity contribution in [2.24, 2.45) is 8.44 Å². The molecule has 37 heavy (non-hydrogen) atoms. The van der Waals surface area contributed by atoms with Gasteiger partial charge < -0.3 is 5.32 Å². The SMILES string of the molecule is N=IN=Nc1ccc(C(=O)Nc2cccc(-c3cc(Cc4ccncc4)cc4cccnc34)c2)cc1I. The molecule has 0 aliphatic carbocycles. The van der Waals surface area contributed by atoms with Crippen LogP contribution in [0.4, 0.5) is 11.4 Å². The second-order valence-corrected chi connectivity index (χ2v) is 10.3. The predicted molar refractivity (Wildman–Crippen MR) is 163 cm³/mol. The van der Waals surface area contributed by atoms with Gasteiger partial charge in [0.05, 0.1) is 11.2 Å². The van der Waals surface area contributed by atoms with Crippen molar-refractivity contribution in [3.05, 3.63) is 118 Å². The molecule has 0 bridgehead atoms. The molecule has 5 rings (SSSR count). The number of nitrogens with zero attached hydrogens (tertiary/aromatic N) is 4. The van der Waals surface area contributed by atoms with Crippen LogP contribution in [0.2, 0.25) is 0 Å². The van der Waals surface area contributed by atoms with Gasteiger partial charge in [0.15, 0.2) is 21.3 Å². The first-order chi connectivity index (χ1) is 18.1. The molecule has 0 saturated heterocycles. The van der Waals surface area contributed by atoms with E-state index in [1.165, 1.54) is 11.1 Å². The van der Waals surface area contributed by atoms with Crippen LogP contribution in [0.3, 0.4) is 0 Å². The van der Waals surface area contributed by atoms with E-state index in [4.69, 9.17) is 3.56 Å². The zero-order valence-corrected chi connectivity index (χ0v) is 23.7.